The molecule has 0 fully saturated rings. The number of benzene rings is 1. The monoisotopic (exact) mass is 395 g/mol. The van der Waals surface area contributed by atoms with Crippen LogP contribution in [0.1, 0.15) is 11.5 Å². The van der Waals surface area contributed by atoms with Crippen LogP contribution < -0.4 is 10.9 Å². The van der Waals surface area contributed by atoms with Gasteiger partial charge in [-0.1, -0.05) is 23.9 Å². The molecule has 9 heteroatoms. The number of carbonyl (C=O) groups is 1. The van der Waals surface area contributed by atoms with Gasteiger partial charge in [-0.3, -0.25) is 19.3 Å². The predicted octanol–water partition coefficient (Wildman–Crippen LogP) is 2.80. The number of aromatic amines is 1. The standard InChI is InChI=1S/C19H17N5O3S/c1-12-9-16(23-22-12)21-17(25)11-28-19-20-15-7-3-2-6-14(15)18(26)24(19)10-13-5-4-8-27-13/h2-9H,10-11H2,1H3,(H2,21,22,23,25). The van der Waals surface area contributed by atoms with Crippen LogP contribution >= 0.6 is 11.8 Å². The van der Waals surface area contributed by atoms with Crippen LogP contribution in [-0.2, 0) is 11.3 Å². The van der Waals surface area contributed by atoms with Gasteiger partial charge in [0.1, 0.15) is 5.76 Å². The van der Waals surface area contributed by atoms with Crippen molar-refractivity contribution in [3.63, 3.8) is 0 Å². The van der Waals surface area contributed by atoms with Crippen molar-refractivity contribution in [2.45, 2.75) is 18.6 Å². The summed E-state index contributed by atoms with van der Waals surface area (Å²) in [5.74, 6) is 0.956. The van der Waals surface area contributed by atoms with Crippen LogP contribution in [-0.4, -0.2) is 31.4 Å². The predicted molar refractivity (Wildman–Crippen MR) is 106 cm³/mol. The second kappa shape index (κ2) is 7.73. The lowest BCUT2D eigenvalue weighted by Crippen LogP contribution is -2.24. The van der Waals surface area contributed by atoms with Crippen molar-refractivity contribution in [1.82, 2.24) is 19.7 Å². The molecule has 3 aromatic heterocycles. The number of para-hydroxylation sites is 1. The molecule has 0 unspecified atom stereocenters. The van der Waals surface area contributed by atoms with Crippen LogP contribution in [0.3, 0.4) is 0 Å². The van der Waals surface area contributed by atoms with Gasteiger partial charge in [-0.05, 0) is 31.2 Å². The van der Waals surface area contributed by atoms with Crippen molar-refractivity contribution < 1.29 is 9.21 Å². The van der Waals surface area contributed by atoms with Crippen molar-refractivity contribution in [3.8, 4) is 0 Å². The van der Waals surface area contributed by atoms with Crippen LogP contribution in [0.25, 0.3) is 10.9 Å². The van der Waals surface area contributed by atoms with Gasteiger partial charge in [0.05, 0.1) is 29.5 Å². The molecule has 0 saturated carbocycles. The quantitative estimate of drug-likeness (QED) is 0.384. The SMILES string of the molecule is Cc1cc(NC(=O)CSc2nc3ccccc3c(=O)n2Cc2ccco2)n[nH]1. The normalized spacial score (nSPS) is 11.0. The number of nitrogens with one attached hydrogen (secondary N) is 2. The summed E-state index contributed by atoms with van der Waals surface area (Å²) >= 11 is 1.19. The minimum Gasteiger partial charge on any atom is -0.467 e. The molecule has 0 aliphatic rings. The Morgan fingerprint density at radius 1 is 1.29 bits per heavy atom. The summed E-state index contributed by atoms with van der Waals surface area (Å²) in [6, 6.07) is 12.4. The van der Waals surface area contributed by atoms with Crippen LogP contribution in [0, 0.1) is 6.92 Å². The molecule has 0 aliphatic carbocycles. The number of aryl methyl sites for hydroxylation is 1. The Hall–Kier alpha value is -3.33. The molecule has 0 spiro atoms. The Bertz CT molecular complexity index is 1180. The molecule has 0 bridgehead atoms. The highest BCUT2D eigenvalue weighted by molar-refractivity contribution is 7.99. The third kappa shape index (κ3) is 3.84. The molecule has 2 N–H and O–H groups in total. The second-order valence-corrected chi connectivity index (χ2v) is 7.10. The molecule has 0 saturated heterocycles. The minimum atomic E-state index is -0.233. The maximum atomic E-state index is 13.0. The average Bonchev–Trinajstić information content (AvgIpc) is 3.34. The van der Waals surface area contributed by atoms with Gasteiger partial charge in [0.25, 0.3) is 5.56 Å². The number of rotatable bonds is 6. The van der Waals surface area contributed by atoms with E-state index in [1.807, 2.05) is 13.0 Å². The van der Waals surface area contributed by atoms with Crippen LogP contribution in [0.5, 0.6) is 0 Å². The number of nitrogens with zero attached hydrogens (tertiary/aromatic N) is 3. The van der Waals surface area contributed by atoms with E-state index >= 15 is 0 Å². The maximum Gasteiger partial charge on any atom is 0.262 e. The lowest BCUT2D eigenvalue weighted by Gasteiger charge is -2.12. The van der Waals surface area contributed by atoms with Crippen molar-refractivity contribution in [1.29, 1.82) is 0 Å². The van der Waals surface area contributed by atoms with E-state index in [0.717, 1.165) is 5.69 Å². The number of thioether (sulfide) groups is 1. The molecule has 28 heavy (non-hydrogen) atoms. The molecule has 8 nitrogen and oxygen atoms in total. The van der Waals surface area contributed by atoms with Crippen molar-refractivity contribution in [2.24, 2.45) is 0 Å². The first kappa shape index (κ1) is 18.1. The Morgan fingerprint density at radius 3 is 2.89 bits per heavy atom. The number of hydrogen-bond donors (Lipinski definition) is 2. The molecule has 4 rings (SSSR count). The van der Waals surface area contributed by atoms with Crippen molar-refractivity contribution in [2.75, 3.05) is 11.1 Å². The summed E-state index contributed by atoms with van der Waals surface area (Å²) in [6.07, 6.45) is 1.56. The molecule has 0 radical (unpaired) electrons. The Kier molecular flexibility index (Phi) is 4.98. The zero-order valence-electron chi connectivity index (χ0n) is 15.0. The molecule has 1 amide bonds. The van der Waals surface area contributed by atoms with Gasteiger partial charge in [0.15, 0.2) is 11.0 Å². The average molecular weight is 395 g/mol. The summed E-state index contributed by atoms with van der Waals surface area (Å²) in [5.41, 5.74) is 1.27. The fraction of sp³-hybridized carbons (Fsp3) is 0.158. The molecular weight excluding hydrogens is 378 g/mol. The minimum absolute atomic E-state index is 0.0921. The highest BCUT2D eigenvalue weighted by Gasteiger charge is 2.15. The van der Waals surface area contributed by atoms with Crippen LogP contribution in [0.2, 0.25) is 0 Å². The number of hydrogen-bond acceptors (Lipinski definition) is 6. The number of fused-ring (bicyclic) bond motifs is 1. The first-order valence-corrected chi connectivity index (χ1v) is 9.55. The van der Waals surface area contributed by atoms with Crippen LogP contribution in [0.4, 0.5) is 5.82 Å². The molecule has 4 aromatic rings. The Labute approximate surface area is 164 Å². The van der Waals surface area contributed by atoms with Gasteiger partial charge in [-0.15, -0.1) is 0 Å². The summed E-state index contributed by atoms with van der Waals surface area (Å²) in [4.78, 5) is 29.8. The highest BCUT2D eigenvalue weighted by atomic mass is 32.2. The largest absolute Gasteiger partial charge is 0.467 e. The van der Waals surface area contributed by atoms with E-state index in [1.165, 1.54) is 16.3 Å². The van der Waals surface area contributed by atoms with E-state index < -0.39 is 0 Å². The number of H-pyrrole nitrogens is 1. The topological polar surface area (TPSA) is 106 Å². The summed E-state index contributed by atoms with van der Waals surface area (Å²) < 4.78 is 6.90. The molecular formula is C19H17N5O3S. The van der Waals surface area contributed by atoms with E-state index in [0.29, 0.717) is 27.6 Å². The molecule has 1 aromatic carbocycles. The third-order valence-electron chi connectivity index (χ3n) is 4.03. The van der Waals surface area contributed by atoms with Gasteiger partial charge in [0, 0.05) is 11.8 Å². The number of carbonyl (C=O) groups excluding carboxylic acids is 1. The lowest BCUT2D eigenvalue weighted by molar-refractivity contribution is -0.113. The Balaban J connectivity index is 1.61. The van der Waals surface area contributed by atoms with Gasteiger partial charge in [-0.2, -0.15) is 5.10 Å². The number of anilines is 1. The number of aromatic nitrogens is 4. The Morgan fingerprint density at radius 2 is 2.14 bits per heavy atom. The van der Waals surface area contributed by atoms with Gasteiger partial charge in [-0.25, -0.2) is 4.98 Å². The van der Waals surface area contributed by atoms with Gasteiger partial charge < -0.3 is 9.73 Å². The van der Waals surface area contributed by atoms with Crippen molar-refractivity contribution >= 4 is 34.4 Å². The van der Waals surface area contributed by atoms with E-state index in [-0.39, 0.29) is 23.8 Å². The first-order valence-electron chi connectivity index (χ1n) is 8.57. The van der Waals surface area contributed by atoms with E-state index in [1.54, 1.807) is 42.7 Å². The molecule has 0 aliphatic heterocycles. The smallest absolute Gasteiger partial charge is 0.262 e. The fourth-order valence-corrected chi connectivity index (χ4v) is 3.55. The van der Waals surface area contributed by atoms with Crippen LogP contribution in [0.15, 0.2) is 63.1 Å². The van der Waals surface area contributed by atoms with E-state index in [2.05, 4.69) is 20.5 Å². The summed E-state index contributed by atoms with van der Waals surface area (Å²) in [7, 11) is 0. The first-order chi connectivity index (χ1) is 13.6. The van der Waals surface area contributed by atoms with Gasteiger partial charge in [0.2, 0.25) is 5.91 Å². The lowest BCUT2D eigenvalue weighted by atomic mass is 10.2. The molecule has 3 heterocycles. The number of furan rings is 1. The zero-order chi connectivity index (χ0) is 19.5. The fourth-order valence-electron chi connectivity index (χ4n) is 2.75. The van der Waals surface area contributed by atoms with Crippen molar-refractivity contribution in [3.05, 3.63) is 70.5 Å². The highest BCUT2D eigenvalue weighted by Crippen LogP contribution is 2.19. The third-order valence-corrected chi connectivity index (χ3v) is 5.00. The van der Waals surface area contributed by atoms with Gasteiger partial charge >= 0.3 is 0 Å². The molecule has 0 atom stereocenters. The molecule has 142 valence electrons. The number of amides is 1. The summed E-state index contributed by atoms with van der Waals surface area (Å²) in [6.45, 7) is 2.09. The van der Waals surface area contributed by atoms with E-state index in [4.69, 9.17) is 4.42 Å². The second-order valence-electron chi connectivity index (χ2n) is 6.16. The van der Waals surface area contributed by atoms with E-state index in [9.17, 15) is 9.59 Å². The summed E-state index contributed by atoms with van der Waals surface area (Å²) in [5, 5.41) is 10.4. The zero-order valence-corrected chi connectivity index (χ0v) is 15.8. The maximum absolute atomic E-state index is 13.0.